The van der Waals surface area contributed by atoms with E-state index in [1.54, 1.807) is 20.3 Å². The van der Waals surface area contributed by atoms with Crippen LogP contribution in [-0.2, 0) is 0 Å². The number of rotatable bonds is 4. The summed E-state index contributed by atoms with van der Waals surface area (Å²) in [4.78, 5) is 0. The number of aromatic amines is 2. The molecule has 1 aliphatic heterocycles. The third-order valence-electron chi connectivity index (χ3n) is 4.17. The van der Waals surface area contributed by atoms with Gasteiger partial charge in [-0.25, -0.2) is 4.39 Å². The van der Waals surface area contributed by atoms with Gasteiger partial charge in [0.25, 0.3) is 0 Å². The quantitative estimate of drug-likeness (QED) is 0.472. The number of hydrogen-bond donors (Lipinski definition) is 3. The van der Waals surface area contributed by atoms with Crippen LogP contribution in [0.5, 0.6) is 11.5 Å². The predicted octanol–water partition coefficient (Wildman–Crippen LogP) is 5.15. The predicted molar refractivity (Wildman–Crippen MR) is 97.1 cm³/mol. The van der Waals surface area contributed by atoms with Crippen molar-refractivity contribution in [3.8, 4) is 22.8 Å². The number of nitrogens with one attached hydrogen (secondary N) is 3. The summed E-state index contributed by atoms with van der Waals surface area (Å²) in [5.41, 5.74) is 2.58. The Bertz CT molecular complexity index is 1040. The van der Waals surface area contributed by atoms with Gasteiger partial charge in [-0.15, -0.1) is 0 Å². The summed E-state index contributed by atoms with van der Waals surface area (Å²) in [6.45, 7) is 0. The number of benzene rings is 2. The SMILES string of the molecule is COc1cc2cc3c(Nc4ccc(F)c(Cl)c4)[nH][nH]c-3c2cc1OC. The average Bonchev–Trinajstić information content (AvgIpc) is 3.16. The largest absolute Gasteiger partial charge is 0.493 e. The van der Waals surface area contributed by atoms with Crippen molar-refractivity contribution in [1.29, 1.82) is 0 Å². The van der Waals surface area contributed by atoms with E-state index in [-0.39, 0.29) is 5.02 Å². The van der Waals surface area contributed by atoms with E-state index in [0.29, 0.717) is 17.2 Å². The zero-order valence-electron chi connectivity index (χ0n) is 13.5. The summed E-state index contributed by atoms with van der Waals surface area (Å²) >= 11 is 5.84. The first kappa shape index (κ1) is 15.7. The number of aromatic nitrogens is 2. The van der Waals surface area contributed by atoms with Crippen LogP contribution >= 0.6 is 11.6 Å². The maximum Gasteiger partial charge on any atom is 0.161 e. The zero-order chi connectivity index (χ0) is 17.6. The number of hydrogen-bond acceptors (Lipinski definition) is 3. The standard InChI is InChI=1S/C18H15ClFN3O2/c1-24-15-6-9-5-12-17(11(9)8-16(15)25-2)22-23-18(12)21-10-3-4-14(20)13(19)7-10/h3-8,21-23H,1-2H3. The summed E-state index contributed by atoms with van der Waals surface area (Å²) in [6.07, 6.45) is 0. The van der Waals surface area contributed by atoms with E-state index in [0.717, 1.165) is 27.8 Å². The molecule has 0 fully saturated rings. The van der Waals surface area contributed by atoms with E-state index in [4.69, 9.17) is 21.1 Å². The van der Waals surface area contributed by atoms with Gasteiger partial charge < -0.3 is 14.8 Å². The van der Waals surface area contributed by atoms with E-state index in [2.05, 4.69) is 15.5 Å². The number of H-pyrrole nitrogens is 2. The molecule has 0 saturated heterocycles. The second-order valence-electron chi connectivity index (χ2n) is 5.61. The molecular formula is C18H15ClFN3O2. The van der Waals surface area contributed by atoms with Crippen molar-refractivity contribution in [2.75, 3.05) is 19.5 Å². The molecule has 1 aliphatic carbocycles. The third kappa shape index (κ3) is 2.55. The van der Waals surface area contributed by atoms with Crippen LogP contribution in [0.4, 0.5) is 15.9 Å². The smallest absolute Gasteiger partial charge is 0.161 e. The first-order valence-electron chi connectivity index (χ1n) is 7.57. The molecule has 3 N–H and O–H groups in total. The van der Waals surface area contributed by atoms with Gasteiger partial charge >= 0.3 is 0 Å². The van der Waals surface area contributed by atoms with Gasteiger partial charge in [-0.3, -0.25) is 10.2 Å². The Hall–Kier alpha value is -2.86. The van der Waals surface area contributed by atoms with E-state index < -0.39 is 5.82 Å². The van der Waals surface area contributed by atoms with Crippen LogP contribution in [0.25, 0.3) is 22.0 Å². The molecule has 2 aromatic rings. The zero-order valence-corrected chi connectivity index (χ0v) is 14.3. The molecule has 0 spiro atoms. The normalized spacial score (nSPS) is 11.2. The molecule has 5 nitrogen and oxygen atoms in total. The van der Waals surface area contributed by atoms with Crippen molar-refractivity contribution in [3.05, 3.63) is 47.2 Å². The molecule has 128 valence electrons. The van der Waals surface area contributed by atoms with Crippen molar-refractivity contribution in [3.63, 3.8) is 0 Å². The lowest BCUT2D eigenvalue weighted by molar-refractivity contribution is 0.356. The molecule has 0 aromatic heterocycles. The summed E-state index contributed by atoms with van der Waals surface area (Å²) in [7, 11) is 3.22. The maximum absolute atomic E-state index is 13.3. The monoisotopic (exact) mass is 359 g/mol. The van der Waals surface area contributed by atoms with Gasteiger partial charge in [0.2, 0.25) is 0 Å². The molecule has 1 heterocycles. The lowest BCUT2D eigenvalue weighted by atomic mass is 10.2. The molecule has 2 aromatic carbocycles. The van der Waals surface area contributed by atoms with Crippen molar-refractivity contribution in [2.45, 2.75) is 0 Å². The first-order chi connectivity index (χ1) is 12.1. The molecule has 0 amide bonds. The van der Waals surface area contributed by atoms with E-state index in [1.165, 1.54) is 12.1 Å². The fraction of sp³-hybridized carbons (Fsp3) is 0.111. The average molecular weight is 360 g/mol. The third-order valence-corrected chi connectivity index (χ3v) is 4.45. The van der Waals surface area contributed by atoms with E-state index in [9.17, 15) is 4.39 Å². The fourth-order valence-electron chi connectivity index (χ4n) is 2.94. The molecule has 25 heavy (non-hydrogen) atoms. The summed E-state index contributed by atoms with van der Waals surface area (Å²) < 4.78 is 24.0. The van der Waals surface area contributed by atoms with Crippen LogP contribution in [0.2, 0.25) is 5.02 Å². The molecule has 0 atom stereocenters. The summed E-state index contributed by atoms with van der Waals surface area (Å²) in [5.74, 6) is 1.64. The Morgan fingerprint density at radius 2 is 1.76 bits per heavy atom. The molecular weight excluding hydrogens is 345 g/mol. The number of halogens is 2. The van der Waals surface area contributed by atoms with Crippen molar-refractivity contribution in [2.24, 2.45) is 0 Å². The van der Waals surface area contributed by atoms with Crippen LogP contribution in [0, 0.1) is 5.82 Å². The Morgan fingerprint density at radius 1 is 1.00 bits per heavy atom. The summed E-state index contributed by atoms with van der Waals surface area (Å²) in [5, 5.41) is 11.6. The molecule has 4 rings (SSSR count). The number of anilines is 2. The lowest BCUT2D eigenvalue weighted by Gasteiger charge is -2.07. The molecule has 0 radical (unpaired) electrons. The highest BCUT2D eigenvalue weighted by molar-refractivity contribution is 6.31. The highest BCUT2D eigenvalue weighted by atomic mass is 35.5. The summed E-state index contributed by atoms with van der Waals surface area (Å²) in [6, 6.07) is 10.4. The molecule has 0 bridgehead atoms. The number of methoxy groups -OCH3 is 2. The van der Waals surface area contributed by atoms with Crippen molar-refractivity contribution < 1.29 is 13.9 Å². The highest BCUT2D eigenvalue weighted by Crippen LogP contribution is 2.42. The highest BCUT2D eigenvalue weighted by Gasteiger charge is 2.19. The van der Waals surface area contributed by atoms with Gasteiger partial charge in [-0.05, 0) is 41.8 Å². The Morgan fingerprint density at radius 3 is 2.48 bits per heavy atom. The van der Waals surface area contributed by atoms with Gasteiger partial charge in [0.05, 0.1) is 24.9 Å². The minimum absolute atomic E-state index is 0.0684. The van der Waals surface area contributed by atoms with Gasteiger partial charge in [-0.2, -0.15) is 0 Å². The van der Waals surface area contributed by atoms with Crippen LogP contribution < -0.4 is 14.8 Å². The van der Waals surface area contributed by atoms with E-state index >= 15 is 0 Å². The second-order valence-corrected chi connectivity index (χ2v) is 6.01. The first-order valence-corrected chi connectivity index (χ1v) is 7.95. The maximum atomic E-state index is 13.3. The second kappa shape index (κ2) is 5.89. The molecule has 2 aliphatic rings. The Balaban J connectivity index is 1.77. The Labute approximate surface area is 148 Å². The van der Waals surface area contributed by atoms with Crippen LogP contribution in [0.15, 0.2) is 36.4 Å². The van der Waals surface area contributed by atoms with Crippen LogP contribution in [0.1, 0.15) is 0 Å². The number of fused-ring (bicyclic) bond motifs is 3. The molecule has 0 unspecified atom stereocenters. The van der Waals surface area contributed by atoms with Gasteiger partial charge in [0, 0.05) is 16.6 Å². The van der Waals surface area contributed by atoms with Crippen LogP contribution in [0.3, 0.4) is 0 Å². The van der Waals surface area contributed by atoms with Crippen molar-refractivity contribution >= 4 is 33.9 Å². The Kier molecular flexibility index (Phi) is 3.69. The topological polar surface area (TPSA) is 62.1 Å². The van der Waals surface area contributed by atoms with Gasteiger partial charge in [-0.1, -0.05) is 11.6 Å². The minimum atomic E-state index is -0.450. The lowest BCUT2D eigenvalue weighted by Crippen LogP contribution is -1.92. The van der Waals surface area contributed by atoms with Crippen LogP contribution in [-0.4, -0.2) is 24.4 Å². The minimum Gasteiger partial charge on any atom is -0.493 e. The number of ether oxygens (including phenoxy) is 2. The molecule has 0 saturated carbocycles. The molecule has 7 heteroatoms. The fourth-order valence-corrected chi connectivity index (χ4v) is 3.12. The van der Waals surface area contributed by atoms with Crippen molar-refractivity contribution in [1.82, 2.24) is 10.2 Å². The van der Waals surface area contributed by atoms with E-state index in [1.807, 2.05) is 18.2 Å². The van der Waals surface area contributed by atoms with Gasteiger partial charge in [0.1, 0.15) is 11.6 Å². The van der Waals surface area contributed by atoms with Gasteiger partial charge in [0.15, 0.2) is 11.5 Å².